The summed E-state index contributed by atoms with van der Waals surface area (Å²) in [5.41, 5.74) is 0.534. The summed E-state index contributed by atoms with van der Waals surface area (Å²) in [6, 6.07) is 8.68. The van der Waals surface area contributed by atoms with Crippen molar-refractivity contribution in [2.45, 2.75) is 4.93 Å². The molecule has 0 aliphatic heterocycles. The Morgan fingerprint density at radius 1 is 1.33 bits per heavy atom. The number of carboxylic acids is 1. The van der Waals surface area contributed by atoms with Gasteiger partial charge in [0.05, 0.1) is 7.11 Å². The van der Waals surface area contributed by atoms with Crippen LogP contribution in [0.4, 0.5) is 0 Å². The quantitative estimate of drug-likeness (QED) is 0.616. The van der Waals surface area contributed by atoms with Gasteiger partial charge in [-0.15, -0.1) is 0 Å². The SMILES string of the molecule is COSC(OC)(C(=O)O)c1ccccc1. The zero-order chi connectivity index (χ0) is 11.3. The monoisotopic (exact) mass is 228 g/mol. The number of hydrogen-bond donors (Lipinski definition) is 1. The Morgan fingerprint density at radius 3 is 2.33 bits per heavy atom. The van der Waals surface area contributed by atoms with Gasteiger partial charge >= 0.3 is 5.97 Å². The van der Waals surface area contributed by atoms with Crippen molar-refractivity contribution in [3.8, 4) is 0 Å². The van der Waals surface area contributed by atoms with E-state index in [9.17, 15) is 9.90 Å². The summed E-state index contributed by atoms with van der Waals surface area (Å²) < 4.78 is 9.89. The van der Waals surface area contributed by atoms with Crippen LogP contribution in [0.5, 0.6) is 0 Å². The summed E-state index contributed by atoms with van der Waals surface area (Å²) in [4.78, 5) is 9.71. The largest absolute Gasteiger partial charge is 0.478 e. The molecule has 15 heavy (non-hydrogen) atoms. The molecule has 82 valence electrons. The van der Waals surface area contributed by atoms with Crippen molar-refractivity contribution in [2.24, 2.45) is 0 Å². The van der Waals surface area contributed by atoms with Gasteiger partial charge in [0, 0.05) is 24.7 Å². The fourth-order valence-electron chi connectivity index (χ4n) is 1.22. The molecule has 0 heterocycles. The van der Waals surface area contributed by atoms with Crippen molar-refractivity contribution in [1.29, 1.82) is 0 Å². The van der Waals surface area contributed by atoms with E-state index in [2.05, 4.69) is 0 Å². The lowest BCUT2D eigenvalue weighted by Gasteiger charge is -2.25. The van der Waals surface area contributed by atoms with Crippen molar-refractivity contribution in [1.82, 2.24) is 0 Å². The minimum Gasteiger partial charge on any atom is -0.478 e. The highest BCUT2D eigenvalue weighted by Gasteiger charge is 2.42. The summed E-state index contributed by atoms with van der Waals surface area (Å²) in [5, 5.41) is 9.18. The van der Waals surface area contributed by atoms with E-state index in [1.165, 1.54) is 14.2 Å². The molecule has 1 rings (SSSR count). The highest BCUT2D eigenvalue weighted by atomic mass is 32.2. The van der Waals surface area contributed by atoms with E-state index >= 15 is 0 Å². The molecule has 0 saturated heterocycles. The topological polar surface area (TPSA) is 55.8 Å². The summed E-state index contributed by atoms with van der Waals surface area (Å²) in [6.07, 6.45) is 0. The van der Waals surface area contributed by atoms with Crippen LogP contribution in [0, 0.1) is 0 Å². The summed E-state index contributed by atoms with van der Waals surface area (Å²) in [7, 11) is 2.75. The molecule has 1 aromatic carbocycles. The van der Waals surface area contributed by atoms with Crippen LogP contribution in [0.25, 0.3) is 0 Å². The second kappa shape index (κ2) is 5.16. The first-order chi connectivity index (χ1) is 7.17. The van der Waals surface area contributed by atoms with Gasteiger partial charge in [-0.3, -0.25) is 0 Å². The third-order valence-corrected chi connectivity index (χ3v) is 2.90. The van der Waals surface area contributed by atoms with Gasteiger partial charge in [-0.1, -0.05) is 30.3 Å². The summed E-state index contributed by atoms with van der Waals surface area (Å²) in [6.45, 7) is 0. The Balaban J connectivity index is 3.15. The normalized spacial score (nSPS) is 14.5. The lowest BCUT2D eigenvalue weighted by molar-refractivity contribution is -0.152. The molecule has 0 aliphatic rings. The molecule has 0 aromatic heterocycles. The maximum absolute atomic E-state index is 11.2. The average Bonchev–Trinajstić information content (AvgIpc) is 2.26. The number of rotatable bonds is 5. The first kappa shape index (κ1) is 12.0. The van der Waals surface area contributed by atoms with Crippen LogP contribution in [-0.2, 0) is 18.6 Å². The lowest BCUT2D eigenvalue weighted by Crippen LogP contribution is -2.34. The van der Waals surface area contributed by atoms with E-state index in [0.717, 1.165) is 12.0 Å². The summed E-state index contributed by atoms with van der Waals surface area (Å²) in [5.74, 6) is -1.09. The van der Waals surface area contributed by atoms with Crippen molar-refractivity contribution in [3.63, 3.8) is 0 Å². The van der Waals surface area contributed by atoms with E-state index in [4.69, 9.17) is 8.92 Å². The molecule has 0 bridgehead atoms. The minimum atomic E-state index is -1.50. The standard InChI is InChI=1S/C10H12O4S/c1-13-10(9(11)12,15-14-2)8-6-4-3-5-7-8/h3-7H,1-2H3,(H,11,12). The molecule has 0 radical (unpaired) electrons. The van der Waals surface area contributed by atoms with E-state index < -0.39 is 10.9 Å². The Morgan fingerprint density at radius 2 is 1.93 bits per heavy atom. The van der Waals surface area contributed by atoms with E-state index in [0.29, 0.717) is 5.56 Å². The fraction of sp³-hybridized carbons (Fsp3) is 0.300. The van der Waals surface area contributed by atoms with E-state index in [1.54, 1.807) is 24.3 Å². The number of carbonyl (C=O) groups is 1. The van der Waals surface area contributed by atoms with Gasteiger partial charge in [-0.2, -0.15) is 0 Å². The van der Waals surface area contributed by atoms with Crippen LogP contribution in [-0.4, -0.2) is 25.3 Å². The van der Waals surface area contributed by atoms with Gasteiger partial charge in [-0.05, 0) is 0 Å². The Hall–Kier alpha value is -1.04. The number of benzene rings is 1. The number of hydrogen-bond acceptors (Lipinski definition) is 4. The Bertz CT molecular complexity index is 327. The lowest BCUT2D eigenvalue weighted by atomic mass is 10.1. The predicted octanol–water partition coefficient (Wildman–Crippen LogP) is 1.86. The minimum absolute atomic E-state index is 0.534. The van der Waals surface area contributed by atoms with Gasteiger partial charge in [0.2, 0.25) is 0 Å². The van der Waals surface area contributed by atoms with Crippen LogP contribution in [0.1, 0.15) is 5.56 Å². The molecular formula is C10H12O4S. The molecule has 5 heteroatoms. The first-order valence-corrected chi connectivity index (χ1v) is 4.97. The maximum atomic E-state index is 11.2. The van der Waals surface area contributed by atoms with Crippen LogP contribution in [0.15, 0.2) is 30.3 Å². The molecule has 1 aromatic rings. The van der Waals surface area contributed by atoms with Crippen LogP contribution in [0.2, 0.25) is 0 Å². The van der Waals surface area contributed by atoms with Crippen molar-refractivity contribution in [3.05, 3.63) is 35.9 Å². The predicted molar refractivity (Wildman–Crippen MR) is 57.4 cm³/mol. The van der Waals surface area contributed by atoms with E-state index in [-0.39, 0.29) is 0 Å². The number of ether oxygens (including phenoxy) is 1. The van der Waals surface area contributed by atoms with Gasteiger partial charge in [-0.25, -0.2) is 4.79 Å². The highest BCUT2D eigenvalue weighted by Crippen LogP contribution is 2.37. The van der Waals surface area contributed by atoms with Crippen molar-refractivity contribution < 1.29 is 18.8 Å². The number of carboxylic acid groups (broad SMARTS) is 1. The van der Waals surface area contributed by atoms with E-state index in [1.807, 2.05) is 6.07 Å². The first-order valence-electron chi connectivity index (χ1n) is 4.23. The third kappa shape index (κ3) is 2.31. The van der Waals surface area contributed by atoms with Crippen molar-refractivity contribution >= 4 is 18.0 Å². The molecule has 0 saturated carbocycles. The van der Waals surface area contributed by atoms with Gasteiger partial charge in [0.25, 0.3) is 4.93 Å². The fourth-order valence-corrected chi connectivity index (χ4v) is 1.83. The molecule has 0 fully saturated rings. The molecule has 4 nitrogen and oxygen atoms in total. The van der Waals surface area contributed by atoms with Gasteiger partial charge in [0.1, 0.15) is 0 Å². The molecule has 1 N–H and O–H groups in total. The van der Waals surface area contributed by atoms with Gasteiger partial charge < -0.3 is 14.0 Å². The maximum Gasteiger partial charge on any atom is 0.353 e. The molecule has 1 atom stereocenters. The molecule has 0 spiro atoms. The zero-order valence-electron chi connectivity index (χ0n) is 8.47. The highest BCUT2D eigenvalue weighted by molar-refractivity contribution is 7.96. The van der Waals surface area contributed by atoms with Crippen LogP contribution >= 0.6 is 12.0 Å². The smallest absolute Gasteiger partial charge is 0.353 e. The number of methoxy groups -OCH3 is 1. The van der Waals surface area contributed by atoms with Crippen LogP contribution < -0.4 is 0 Å². The Labute approximate surface area is 92.4 Å². The molecule has 1 unspecified atom stereocenters. The second-order valence-electron chi connectivity index (χ2n) is 2.74. The summed E-state index contributed by atoms with van der Waals surface area (Å²) >= 11 is 0.763. The third-order valence-electron chi connectivity index (χ3n) is 1.92. The molecular weight excluding hydrogens is 216 g/mol. The zero-order valence-corrected chi connectivity index (χ0v) is 9.28. The van der Waals surface area contributed by atoms with Crippen molar-refractivity contribution in [2.75, 3.05) is 14.2 Å². The molecule has 0 aliphatic carbocycles. The van der Waals surface area contributed by atoms with Gasteiger partial charge in [0.15, 0.2) is 0 Å². The second-order valence-corrected chi connectivity index (χ2v) is 3.82. The average molecular weight is 228 g/mol. The number of aliphatic carboxylic acids is 1. The molecule has 0 amide bonds. The van der Waals surface area contributed by atoms with Crippen LogP contribution in [0.3, 0.4) is 0 Å². The Kier molecular flexibility index (Phi) is 4.14.